The summed E-state index contributed by atoms with van der Waals surface area (Å²) in [6.45, 7) is 12.2. The molecule has 0 radical (unpaired) electrons. The molecule has 0 aliphatic carbocycles. The van der Waals surface area contributed by atoms with Gasteiger partial charge in [0.25, 0.3) is 0 Å². The van der Waals surface area contributed by atoms with Gasteiger partial charge in [-0.15, -0.1) is 0 Å². The van der Waals surface area contributed by atoms with E-state index >= 15 is 0 Å². The average Bonchev–Trinajstić information content (AvgIpc) is 2.47. The quantitative estimate of drug-likeness (QED) is 0.740. The molecule has 0 heterocycles. The van der Waals surface area contributed by atoms with Crippen molar-refractivity contribution in [3.8, 4) is 16.9 Å². The molecule has 0 unspecified atom stereocenters. The van der Waals surface area contributed by atoms with Crippen LogP contribution in [-0.4, -0.2) is 24.1 Å². The van der Waals surface area contributed by atoms with Crippen molar-refractivity contribution < 1.29 is 5.11 Å². The van der Waals surface area contributed by atoms with E-state index in [1.807, 2.05) is 32.3 Å². The maximum atomic E-state index is 10.9. The number of aromatic hydroxyl groups is 1. The van der Waals surface area contributed by atoms with E-state index in [9.17, 15) is 5.11 Å². The zero-order chi connectivity index (χ0) is 18.8. The van der Waals surface area contributed by atoms with Gasteiger partial charge in [0, 0.05) is 17.7 Å². The van der Waals surface area contributed by atoms with Gasteiger partial charge in [-0.2, -0.15) is 0 Å². The number of phenolic OH excluding ortho intramolecular Hbond substituents is 1. The van der Waals surface area contributed by atoms with E-state index in [1.165, 1.54) is 5.56 Å². The second-order valence-electron chi connectivity index (χ2n) is 9.26. The number of rotatable bonds is 5. The SMILES string of the molecule is CN(C)Cc1cc(C(C)(C)CC(C)(C)C)cc(-c2ccccc2)c1O. The fourth-order valence-corrected chi connectivity index (χ4v) is 3.81. The molecule has 136 valence electrons. The fourth-order valence-electron chi connectivity index (χ4n) is 3.81. The first kappa shape index (κ1) is 19.5. The monoisotopic (exact) mass is 339 g/mol. The van der Waals surface area contributed by atoms with Crippen LogP contribution >= 0.6 is 0 Å². The first-order chi connectivity index (χ1) is 11.5. The summed E-state index contributed by atoms with van der Waals surface area (Å²) in [5, 5.41) is 10.9. The van der Waals surface area contributed by atoms with Gasteiger partial charge in [0.05, 0.1) is 0 Å². The van der Waals surface area contributed by atoms with E-state index < -0.39 is 0 Å². The molecule has 0 saturated carbocycles. The maximum Gasteiger partial charge on any atom is 0.127 e. The van der Waals surface area contributed by atoms with E-state index in [2.05, 4.69) is 63.8 Å². The van der Waals surface area contributed by atoms with Gasteiger partial charge in [-0.3, -0.25) is 0 Å². The highest BCUT2D eigenvalue weighted by atomic mass is 16.3. The van der Waals surface area contributed by atoms with E-state index in [0.717, 1.165) is 29.7 Å². The summed E-state index contributed by atoms with van der Waals surface area (Å²) in [5.74, 6) is 0.398. The van der Waals surface area contributed by atoms with Crippen LogP contribution in [0.2, 0.25) is 0 Å². The van der Waals surface area contributed by atoms with Crippen molar-refractivity contribution >= 4 is 0 Å². The molecule has 0 atom stereocenters. The molecule has 2 rings (SSSR count). The predicted octanol–water partition coefficient (Wildman–Crippen LogP) is 5.83. The Bertz CT molecular complexity index is 709. The normalized spacial score (nSPS) is 12.6. The van der Waals surface area contributed by atoms with Crippen molar-refractivity contribution in [2.45, 2.75) is 53.0 Å². The van der Waals surface area contributed by atoms with Crippen LogP contribution < -0.4 is 0 Å². The lowest BCUT2D eigenvalue weighted by Crippen LogP contribution is -2.25. The molecule has 0 bridgehead atoms. The Morgan fingerprint density at radius 1 is 0.920 bits per heavy atom. The third-order valence-corrected chi connectivity index (χ3v) is 4.51. The van der Waals surface area contributed by atoms with Gasteiger partial charge < -0.3 is 10.0 Å². The minimum absolute atomic E-state index is 0.0382. The third kappa shape index (κ3) is 5.09. The number of phenols is 1. The van der Waals surface area contributed by atoms with Gasteiger partial charge >= 0.3 is 0 Å². The second kappa shape index (κ2) is 7.21. The van der Waals surface area contributed by atoms with Crippen molar-refractivity contribution in [1.29, 1.82) is 0 Å². The molecular weight excluding hydrogens is 306 g/mol. The first-order valence-corrected chi connectivity index (χ1v) is 9.06. The summed E-state index contributed by atoms with van der Waals surface area (Å²) in [5.41, 5.74) is 4.55. The molecular formula is C23H33NO. The molecule has 25 heavy (non-hydrogen) atoms. The van der Waals surface area contributed by atoms with Crippen LogP contribution in [0.15, 0.2) is 42.5 Å². The molecule has 0 aliphatic heterocycles. The van der Waals surface area contributed by atoms with Crippen LogP contribution in [-0.2, 0) is 12.0 Å². The zero-order valence-corrected chi connectivity index (χ0v) is 16.9. The lowest BCUT2D eigenvalue weighted by atomic mass is 9.71. The lowest BCUT2D eigenvalue weighted by Gasteiger charge is -2.34. The van der Waals surface area contributed by atoms with Gasteiger partial charge in [-0.05, 0) is 48.5 Å². The molecule has 0 spiro atoms. The number of hydrogen-bond donors (Lipinski definition) is 1. The summed E-state index contributed by atoms with van der Waals surface area (Å²) in [6.07, 6.45) is 1.08. The molecule has 0 aliphatic rings. The molecule has 2 heteroatoms. The second-order valence-corrected chi connectivity index (χ2v) is 9.26. The Kier molecular flexibility index (Phi) is 5.63. The van der Waals surface area contributed by atoms with Gasteiger partial charge in [-0.1, -0.05) is 71.0 Å². The highest BCUT2D eigenvalue weighted by Crippen LogP contribution is 2.41. The van der Waals surface area contributed by atoms with E-state index in [1.54, 1.807) is 0 Å². The molecule has 1 N–H and O–H groups in total. The summed E-state index contributed by atoms with van der Waals surface area (Å²) in [4.78, 5) is 2.10. The van der Waals surface area contributed by atoms with Gasteiger partial charge in [0.2, 0.25) is 0 Å². The molecule has 2 nitrogen and oxygen atoms in total. The minimum atomic E-state index is 0.0382. The van der Waals surface area contributed by atoms with Crippen molar-refractivity contribution in [1.82, 2.24) is 4.90 Å². The molecule has 0 amide bonds. The average molecular weight is 340 g/mol. The van der Waals surface area contributed by atoms with Crippen LogP contribution in [0.1, 0.15) is 52.2 Å². The highest BCUT2D eigenvalue weighted by molar-refractivity contribution is 5.73. The number of nitrogens with zero attached hydrogens (tertiary/aromatic N) is 1. The first-order valence-electron chi connectivity index (χ1n) is 9.06. The Balaban J connectivity index is 2.61. The van der Waals surface area contributed by atoms with Crippen LogP contribution in [0.5, 0.6) is 5.75 Å². The van der Waals surface area contributed by atoms with E-state index in [4.69, 9.17) is 0 Å². The Labute approximate surface area is 153 Å². The van der Waals surface area contributed by atoms with Crippen molar-refractivity contribution in [2.75, 3.05) is 14.1 Å². The number of hydrogen-bond acceptors (Lipinski definition) is 2. The maximum absolute atomic E-state index is 10.9. The van der Waals surface area contributed by atoms with Crippen molar-refractivity contribution in [2.24, 2.45) is 5.41 Å². The molecule has 0 saturated heterocycles. The summed E-state index contributed by atoms with van der Waals surface area (Å²) < 4.78 is 0. The largest absolute Gasteiger partial charge is 0.507 e. The smallest absolute Gasteiger partial charge is 0.127 e. The lowest BCUT2D eigenvalue weighted by molar-refractivity contribution is 0.283. The van der Waals surface area contributed by atoms with Crippen LogP contribution in [0.3, 0.4) is 0 Å². The topological polar surface area (TPSA) is 23.5 Å². The summed E-state index contributed by atoms with van der Waals surface area (Å²) >= 11 is 0. The molecule has 0 aromatic heterocycles. The number of benzene rings is 2. The van der Waals surface area contributed by atoms with Gasteiger partial charge in [0.1, 0.15) is 5.75 Å². The fraction of sp³-hybridized carbons (Fsp3) is 0.478. The predicted molar refractivity (Wildman–Crippen MR) is 108 cm³/mol. The van der Waals surface area contributed by atoms with Crippen LogP contribution in [0.4, 0.5) is 0 Å². The highest BCUT2D eigenvalue weighted by Gasteiger charge is 2.29. The zero-order valence-electron chi connectivity index (χ0n) is 16.9. The third-order valence-electron chi connectivity index (χ3n) is 4.51. The van der Waals surface area contributed by atoms with Crippen molar-refractivity contribution in [3.05, 3.63) is 53.6 Å². The molecule has 2 aromatic rings. The van der Waals surface area contributed by atoms with Crippen molar-refractivity contribution in [3.63, 3.8) is 0 Å². The van der Waals surface area contributed by atoms with Crippen LogP contribution in [0.25, 0.3) is 11.1 Å². The Hall–Kier alpha value is -1.80. The Morgan fingerprint density at radius 2 is 1.52 bits per heavy atom. The van der Waals surface area contributed by atoms with E-state index in [-0.39, 0.29) is 10.8 Å². The molecule has 2 aromatic carbocycles. The minimum Gasteiger partial charge on any atom is -0.507 e. The summed E-state index contributed by atoms with van der Waals surface area (Å²) in [6, 6.07) is 14.5. The summed E-state index contributed by atoms with van der Waals surface area (Å²) in [7, 11) is 4.07. The molecule has 0 fully saturated rings. The van der Waals surface area contributed by atoms with Crippen LogP contribution in [0, 0.1) is 5.41 Å². The van der Waals surface area contributed by atoms with Gasteiger partial charge in [-0.25, -0.2) is 0 Å². The van der Waals surface area contributed by atoms with Gasteiger partial charge in [0.15, 0.2) is 0 Å². The standard InChI is InChI=1S/C23H33NO/c1-22(2,3)16-23(4,5)19-13-18(15-24(6)7)21(25)20(14-19)17-11-9-8-10-12-17/h8-14,25H,15-16H2,1-7H3. The van der Waals surface area contributed by atoms with E-state index in [0.29, 0.717) is 5.75 Å². The Morgan fingerprint density at radius 3 is 2.04 bits per heavy atom.